The molecule has 3 aromatic rings. The molecule has 3 heterocycles. The smallest absolute Gasteiger partial charge is 0.369 e. The molecule has 0 radical (unpaired) electrons. The quantitative estimate of drug-likeness (QED) is 0.563. The molecule has 1 aliphatic heterocycles. The number of rotatable bonds is 5. The Morgan fingerprint density at radius 2 is 1.76 bits per heavy atom. The van der Waals surface area contributed by atoms with Crippen LogP contribution in [0.1, 0.15) is 31.4 Å². The van der Waals surface area contributed by atoms with E-state index < -0.39 is 11.9 Å². The summed E-state index contributed by atoms with van der Waals surface area (Å²) in [7, 11) is 0. The summed E-state index contributed by atoms with van der Waals surface area (Å²) in [4.78, 5) is 22.7. The Bertz CT molecular complexity index is 1150. The van der Waals surface area contributed by atoms with E-state index in [1.807, 2.05) is 35.2 Å². The number of nitrogens with one attached hydrogen (secondary N) is 1. The van der Waals surface area contributed by atoms with Crippen LogP contribution in [0.5, 0.6) is 0 Å². The summed E-state index contributed by atoms with van der Waals surface area (Å²) in [5.41, 5.74) is 0.686. The van der Waals surface area contributed by atoms with Crippen molar-refractivity contribution in [2.45, 2.75) is 31.9 Å². The topological polar surface area (TPSA) is 58.1 Å². The van der Waals surface area contributed by atoms with E-state index in [9.17, 15) is 18.0 Å². The average molecular weight is 454 g/mol. The standard InChI is InChI=1S/C25H25F3N4O/c26-25(27,28)21-9-8-19-22(31-21)20(17-4-2-1-3-5-17)15-30-23(19)29-14-16-10-12-32(13-11-16)24(33)18-6-7-18/h1-5,8-9,15-16,18H,6-7,10-14H2,(H,29,30). The lowest BCUT2D eigenvalue weighted by atomic mass is 9.96. The zero-order chi connectivity index (χ0) is 23.0. The molecule has 33 heavy (non-hydrogen) atoms. The Kier molecular flexibility index (Phi) is 5.68. The Balaban J connectivity index is 1.37. The van der Waals surface area contributed by atoms with E-state index in [0.717, 1.165) is 50.4 Å². The summed E-state index contributed by atoms with van der Waals surface area (Å²) in [5, 5.41) is 3.90. The van der Waals surface area contributed by atoms with Gasteiger partial charge in [-0.15, -0.1) is 0 Å². The van der Waals surface area contributed by atoms with Gasteiger partial charge in [0.1, 0.15) is 11.5 Å². The number of likely N-dealkylation sites (tertiary alicyclic amines) is 1. The second-order valence-corrected chi connectivity index (χ2v) is 8.90. The molecule has 0 atom stereocenters. The number of halogens is 3. The van der Waals surface area contributed by atoms with Crippen molar-refractivity contribution in [2.24, 2.45) is 11.8 Å². The van der Waals surface area contributed by atoms with Crippen LogP contribution in [-0.4, -0.2) is 40.4 Å². The third kappa shape index (κ3) is 4.65. The first-order valence-corrected chi connectivity index (χ1v) is 11.3. The molecule has 5 rings (SSSR count). The molecule has 1 aromatic carbocycles. The van der Waals surface area contributed by atoms with Crippen LogP contribution in [0, 0.1) is 11.8 Å². The fourth-order valence-corrected chi connectivity index (χ4v) is 4.43. The van der Waals surface area contributed by atoms with Gasteiger partial charge in [-0.25, -0.2) is 9.97 Å². The van der Waals surface area contributed by atoms with Crippen LogP contribution in [-0.2, 0) is 11.0 Å². The third-order valence-corrected chi connectivity index (χ3v) is 6.51. The largest absolute Gasteiger partial charge is 0.433 e. The number of hydrogen-bond acceptors (Lipinski definition) is 4. The van der Waals surface area contributed by atoms with Crippen molar-refractivity contribution in [2.75, 3.05) is 25.0 Å². The molecule has 1 amide bonds. The normalized spacial score (nSPS) is 17.4. The van der Waals surface area contributed by atoms with E-state index in [1.165, 1.54) is 6.07 Å². The van der Waals surface area contributed by atoms with Gasteiger partial charge in [0.05, 0.1) is 5.52 Å². The van der Waals surface area contributed by atoms with E-state index in [0.29, 0.717) is 29.2 Å². The molecule has 0 bridgehead atoms. The number of carbonyl (C=O) groups is 1. The predicted octanol–water partition coefficient (Wildman–Crippen LogP) is 5.38. The predicted molar refractivity (Wildman–Crippen MR) is 120 cm³/mol. The molecule has 2 aliphatic rings. The van der Waals surface area contributed by atoms with Gasteiger partial charge in [0.2, 0.25) is 5.91 Å². The number of aromatic nitrogens is 2. The van der Waals surface area contributed by atoms with Crippen molar-refractivity contribution in [3.05, 3.63) is 54.4 Å². The number of alkyl halides is 3. The average Bonchev–Trinajstić information content (AvgIpc) is 3.67. The number of pyridine rings is 2. The summed E-state index contributed by atoms with van der Waals surface area (Å²) in [6.07, 6.45) is 0.906. The molecule has 1 N–H and O–H groups in total. The molecule has 1 saturated carbocycles. The van der Waals surface area contributed by atoms with Gasteiger partial charge in [-0.1, -0.05) is 30.3 Å². The fourth-order valence-electron chi connectivity index (χ4n) is 4.43. The Morgan fingerprint density at radius 1 is 1.03 bits per heavy atom. The monoisotopic (exact) mass is 454 g/mol. The second kappa shape index (κ2) is 8.65. The van der Waals surface area contributed by atoms with Crippen LogP contribution >= 0.6 is 0 Å². The van der Waals surface area contributed by atoms with Crippen LogP contribution in [0.25, 0.3) is 22.0 Å². The number of anilines is 1. The van der Waals surface area contributed by atoms with Gasteiger partial charge in [-0.05, 0) is 49.3 Å². The molecular weight excluding hydrogens is 429 g/mol. The highest BCUT2D eigenvalue weighted by Crippen LogP contribution is 2.35. The third-order valence-electron chi connectivity index (χ3n) is 6.51. The number of carbonyl (C=O) groups excluding carboxylic acids is 1. The highest BCUT2D eigenvalue weighted by molar-refractivity contribution is 5.99. The van der Waals surface area contributed by atoms with Crippen LogP contribution in [0.4, 0.5) is 19.0 Å². The van der Waals surface area contributed by atoms with Crippen LogP contribution in [0.2, 0.25) is 0 Å². The van der Waals surface area contributed by atoms with E-state index in [2.05, 4.69) is 15.3 Å². The maximum absolute atomic E-state index is 13.4. The lowest BCUT2D eigenvalue weighted by molar-refractivity contribution is -0.141. The summed E-state index contributed by atoms with van der Waals surface area (Å²) >= 11 is 0. The molecule has 2 fully saturated rings. The summed E-state index contributed by atoms with van der Waals surface area (Å²) < 4.78 is 40.1. The van der Waals surface area contributed by atoms with Crippen molar-refractivity contribution < 1.29 is 18.0 Å². The number of amides is 1. The number of fused-ring (bicyclic) bond motifs is 1. The van der Waals surface area contributed by atoms with E-state index >= 15 is 0 Å². The van der Waals surface area contributed by atoms with Gasteiger partial charge < -0.3 is 10.2 Å². The lowest BCUT2D eigenvalue weighted by Crippen LogP contribution is -2.40. The fraction of sp³-hybridized carbons (Fsp3) is 0.400. The first-order chi connectivity index (χ1) is 15.9. The van der Waals surface area contributed by atoms with Crippen LogP contribution < -0.4 is 5.32 Å². The summed E-state index contributed by atoms with van der Waals surface area (Å²) in [5.74, 6) is 1.44. The van der Waals surface area contributed by atoms with Crippen molar-refractivity contribution in [3.63, 3.8) is 0 Å². The Labute approximate surface area is 190 Å². The summed E-state index contributed by atoms with van der Waals surface area (Å²) in [6, 6.07) is 11.6. The number of hydrogen-bond donors (Lipinski definition) is 1. The minimum atomic E-state index is -4.52. The molecule has 8 heteroatoms. The zero-order valence-corrected chi connectivity index (χ0v) is 18.1. The first-order valence-electron chi connectivity index (χ1n) is 11.3. The second-order valence-electron chi connectivity index (χ2n) is 8.90. The maximum Gasteiger partial charge on any atom is 0.433 e. The molecule has 0 unspecified atom stereocenters. The molecule has 0 spiro atoms. The van der Waals surface area contributed by atoms with Gasteiger partial charge in [0.15, 0.2) is 0 Å². The van der Waals surface area contributed by atoms with Gasteiger partial charge in [-0.2, -0.15) is 13.2 Å². The van der Waals surface area contributed by atoms with Crippen LogP contribution in [0.3, 0.4) is 0 Å². The maximum atomic E-state index is 13.4. The van der Waals surface area contributed by atoms with Crippen molar-refractivity contribution in [3.8, 4) is 11.1 Å². The number of piperidine rings is 1. The molecule has 1 saturated heterocycles. The SMILES string of the molecule is O=C(C1CC1)N1CCC(CNc2ncc(-c3ccccc3)c3nc(C(F)(F)F)ccc23)CC1. The molecule has 1 aliphatic carbocycles. The molecular formula is C25H25F3N4O. The zero-order valence-electron chi connectivity index (χ0n) is 18.1. The highest BCUT2D eigenvalue weighted by Gasteiger charge is 2.35. The number of benzene rings is 1. The minimum absolute atomic E-state index is 0.243. The summed E-state index contributed by atoms with van der Waals surface area (Å²) in [6.45, 7) is 2.18. The van der Waals surface area contributed by atoms with E-state index in [4.69, 9.17) is 0 Å². The lowest BCUT2D eigenvalue weighted by Gasteiger charge is -2.32. The van der Waals surface area contributed by atoms with Gasteiger partial charge >= 0.3 is 6.18 Å². The first kappa shape index (κ1) is 21.7. The van der Waals surface area contributed by atoms with Crippen LogP contribution in [0.15, 0.2) is 48.7 Å². The van der Waals surface area contributed by atoms with Gasteiger partial charge in [0.25, 0.3) is 0 Å². The van der Waals surface area contributed by atoms with E-state index in [1.54, 1.807) is 6.20 Å². The van der Waals surface area contributed by atoms with Crippen molar-refractivity contribution >= 4 is 22.6 Å². The van der Waals surface area contributed by atoms with Crippen molar-refractivity contribution in [1.29, 1.82) is 0 Å². The van der Waals surface area contributed by atoms with Gasteiger partial charge in [-0.3, -0.25) is 4.79 Å². The molecule has 5 nitrogen and oxygen atoms in total. The Morgan fingerprint density at radius 3 is 2.42 bits per heavy atom. The number of nitrogens with zero attached hydrogens (tertiary/aromatic N) is 3. The molecule has 2 aromatic heterocycles. The van der Waals surface area contributed by atoms with Crippen molar-refractivity contribution in [1.82, 2.24) is 14.9 Å². The van der Waals surface area contributed by atoms with Gasteiger partial charge in [0, 0.05) is 42.7 Å². The minimum Gasteiger partial charge on any atom is -0.369 e. The molecule has 172 valence electrons. The highest BCUT2D eigenvalue weighted by atomic mass is 19.4. The van der Waals surface area contributed by atoms with E-state index in [-0.39, 0.29) is 17.3 Å². The Hall–Kier alpha value is -3.16.